The first-order chi connectivity index (χ1) is 7.18. The van der Waals surface area contributed by atoms with Crippen LogP contribution in [0.5, 0.6) is 0 Å². The summed E-state index contributed by atoms with van der Waals surface area (Å²) in [6, 6.07) is 11.2. The number of hydrogen-bond donors (Lipinski definition) is 0. The summed E-state index contributed by atoms with van der Waals surface area (Å²) in [5, 5.41) is 4.54. The molecular formula is C12H12BrN2. The lowest BCUT2D eigenvalue weighted by atomic mass is 10.2. The Morgan fingerprint density at radius 1 is 1.33 bits per heavy atom. The van der Waals surface area contributed by atoms with Gasteiger partial charge in [-0.05, 0) is 35.8 Å². The minimum Gasteiger partial charge on any atom is -0.268 e. The van der Waals surface area contributed by atoms with Crippen molar-refractivity contribution in [3.05, 3.63) is 41.0 Å². The number of nitrogens with zero attached hydrogens (tertiary/aromatic N) is 2. The van der Waals surface area contributed by atoms with Crippen LogP contribution in [-0.2, 0) is 0 Å². The average molecular weight is 264 g/mol. The summed E-state index contributed by atoms with van der Waals surface area (Å²) in [6.45, 7) is 4.23. The largest absolute Gasteiger partial charge is 0.268 e. The van der Waals surface area contributed by atoms with Crippen LogP contribution in [0, 0.1) is 6.07 Å². The zero-order chi connectivity index (χ0) is 10.8. The summed E-state index contributed by atoms with van der Waals surface area (Å²) in [5.41, 5.74) is 2.10. The first-order valence-electron chi connectivity index (χ1n) is 4.89. The van der Waals surface area contributed by atoms with Crippen LogP contribution in [0.4, 0.5) is 0 Å². The SMILES string of the molecule is CC(C)n1cc(Br)c(-c2cc[c]cc2)n1. The zero-order valence-electron chi connectivity index (χ0n) is 8.74. The highest BCUT2D eigenvalue weighted by Gasteiger charge is 2.09. The van der Waals surface area contributed by atoms with Crippen LogP contribution in [-0.4, -0.2) is 9.78 Å². The van der Waals surface area contributed by atoms with Crippen molar-refractivity contribution in [2.24, 2.45) is 0 Å². The minimum atomic E-state index is 0.380. The number of rotatable bonds is 2. The quantitative estimate of drug-likeness (QED) is 0.808. The maximum atomic E-state index is 4.54. The minimum absolute atomic E-state index is 0.380. The fourth-order valence-corrected chi connectivity index (χ4v) is 1.89. The van der Waals surface area contributed by atoms with E-state index in [4.69, 9.17) is 0 Å². The topological polar surface area (TPSA) is 17.8 Å². The Morgan fingerprint density at radius 2 is 2.00 bits per heavy atom. The lowest BCUT2D eigenvalue weighted by Gasteiger charge is -2.03. The van der Waals surface area contributed by atoms with Gasteiger partial charge >= 0.3 is 0 Å². The van der Waals surface area contributed by atoms with E-state index in [0.29, 0.717) is 6.04 Å². The van der Waals surface area contributed by atoms with Gasteiger partial charge in [-0.15, -0.1) is 0 Å². The fourth-order valence-electron chi connectivity index (χ4n) is 1.37. The molecule has 0 aliphatic heterocycles. The molecule has 2 nitrogen and oxygen atoms in total. The zero-order valence-corrected chi connectivity index (χ0v) is 10.3. The molecule has 0 N–H and O–H groups in total. The van der Waals surface area contributed by atoms with E-state index >= 15 is 0 Å². The molecule has 2 aromatic rings. The fraction of sp³-hybridized carbons (Fsp3) is 0.250. The Balaban J connectivity index is 2.45. The molecular weight excluding hydrogens is 252 g/mol. The third-order valence-corrected chi connectivity index (χ3v) is 2.79. The van der Waals surface area contributed by atoms with Crippen molar-refractivity contribution in [2.75, 3.05) is 0 Å². The highest BCUT2D eigenvalue weighted by atomic mass is 79.9. The first-order valence-corrected chi connectivity index (χ1v) is 5.69. The summed E-state index contributed by atoms with van der Waals surface area (Å²) in [6.07, 6.45) is 2.01. The molecule has 77 valence electrons. The summed E-state index contributed by atoms with van der Waals surface area (Å²) in [4.78, 5) is 0. The van der Waals surface area contributed by atoms with Crippen molar-refractivity contribution >= 4 is 15.9 Å². The van der Waals surface area contributed by atoms with E-state index in [-0.39, 0.29) is 0 Å². The van der Waals surface area contributed by atoms with E-state index in [9.17, 15) is 0 Å². The summed E-state index contributed by atoms with van der Waals surface area (Å²) < 4.78 is 2.98. The Labute approximate surface area is 98.1 Å². The van der Waals surface area contributed by atoms with Crippen LogP contribution in [0.3, 0.4) is 0 Å². The Kier molecular flexibility index (Phi) is 2.91. The van der Waals surface area contributed by atoms with Gasteiger partial charge in [-0.1, -0.05) is 24.3 Å². The van der Waals surface area contributed by atoms with Gasteiger partial charge in [0.1, 0.15) is 5.69 Å². The Morgan fingerprint density at radius 3 is 2.53 bits per heavy atom. The van der Waals surface area contributed by atoms with Crippen LogP contribution in [0.15, 0.2) is 34.9 Å². The van der Waals surface area contributed by atoms with Gasteiger partial charge in [0, 0.05) is 17.8 Å². The third-order valence-electron chi connectivity index (χ3n) is 2.21. The molecule has 1 aromatic carbocycles. The normalized spacial score (nSPS) is 10.9. The van der Waals surface area contributed by atoms with Gasteiger partial charge in [0.2, 0.25) is 0 Å². The molecule has 0 bridgehead atoms. The molecule has 0 spiro atoms. The van der Waals surface area contributed by atoms with Gasteiger partial charge < -0.3 is 0 Å². The van der Waals surface area contributed by atoms with E-state index in [2.05, 4.69) is 40.9 Å². The summed E-state index contributed by atoms with van der Waals surface area (Å²) >= 11 is 3.53. The van der Waals surface area contributed by atoms with Crippen LogP contribution in [0.25, 0.3) is 11.3 Å². The molecule has 1 heterocycles. The molecule has 0 fully saturated rings. The van der Waals surface area contributed by atoms with E-state index in [1.54, 1.807) is 0 Å². The van der Waals surface area contributed by atoms with Crippen molar-refractivity contribution in [1.29, 1.82) is 0 Å². The van der Waals surface area contributed by atoms with Crippen LogP contribution in [0.2, 0.25) is 0 Å². The second kappa shape index (κ2) is 4.19. The predicted octanol–water partition coefficient (Wildman–Crippen LogP) is 3.69. The van der Waals surface area contributed by atoms with Crippen molar-refractivity contribution < 1.29 is 0 Å². The number of aromatic nitrogens is 2. The van der Waals surface area contributed by atoms with E-state index in [0.717, 1.165) is 15.7 Å². The number of hydrogen-bond acceptors (Lipinski definition) is 1. The molecule has 1 aromatic heterocycles. The lowest BCUT2D eigenvalue weighted by Crippen LogP contribution is -2.00. The summed E-state index contributed by atoms with van der Waals surface area (Å²) in [7, 11) is 0. The lowest BCUT2D eigenvalue weighted by molar-refractivity contribution is 0.534. The monoisotopic (exact) mass is 263 g/mol. The number of benzene rings is 1. The molecule has 0 amide bonds. The second-order valence-corrected chi connectivity index (χ2v) is 4.54. The van der Waals surface area contributed by atoms with Gasteiger partial charge in [0.05, 0.1) is 4.47 Å². The molecule has 0 saturated heterocycles. The Bertz CT molecular complexity index is 446. The highest BCUT2D eigenvalue weighted by Crippen LogP contribution is 2.27. The predicted molar refractivity (Wildman–Crippen MR) is 64.6 cm³/mol. The van der Waals surface area contributed by atoms with E-state index in [1.165, 1.54) is 0 Å². The van der Waals surface area contributed by atoms with Crippen molar-refractivity contribution in [2.45, 2.75) is 19.9 Å². The van der Waals surface area contributed by atoms with Crippen LogP contribution >= 0.6 is 15.9 Å². The van der Waals surface area contributed by atoms with Gasteiger partial charge in [0.15, 0.2) is 0 Å². The maximum absolute atomic E-state index is 4.54. The van der Waals surface area contributed by atoms with Crippen molar-refractivity contribution in [3.63, 3.8) is 0 Å². The smallest absolute Gasteiger partial charge is 0.106 e. The van der Waals surface area contributed by atoms with Crippen molar-refractivity contribution in [3.8, 4) is 11.3 Å². The molecule has 1 radical (unpaired) electrons. The van der Waals surface area contributed by atoms with Gasteiger partial charge in [-0.2, -0.15) is 5.10 Å². The standard InChI is InChI=1S/C12H12BrN2/c1-9(2)15-8-11(13)12(14-15)10-6-4-3-5-7-10/h4-9H,1-2H3. The van der Waals surface area contributed by atoms with Gasteiger partial charge in [-0.3, -0.25) is 4.68 Å². The van der Waals surface area contributed by atoms with Gasteiger partial charge in [-0.25, -0.2) is 0 Å². The van der Waals surface area contributed by atoms with E-state index in [1.807, 2.05) is 35.1 Å². The number of halogens is 1. The molecule has 0 atom stereocenters. The highest BCUT2D eigenvalue weighted by molar-refractivity contribution is 9.10. The van der Waals surface area contributed by atoms with Crippen LogP contribution in [0.1, 0.15) is 19.9 Å². The average Bonchev–Trinajstić information content (AvgIpc) is 2.62. The molecule has 3 heteroatoms. The first kappa shape index (κ1) is 10.4. The van der Waals surface area contributed by atoms with E-state index < -0.39 is 0 Å². The third kappa shape index (κ3) is 2.12. The molecule has 0 unspecified atom stereocenters. The molecule has 0 saturated carbocycles. The molecule has 2 rings (SSSR count). The van der Waals surface area contributed by atoms with Gasteiger partial charge in [0.25, 0.3) is 0 Å². The molecule has 15 heavy (non-hydrogen) atoms. The second-order valence-electron chi connectivity index (χ2n) is 3.69. The maximum Gasteiger partial charge on any atom is 0.106 e. The van der Waals surface area contributed by atoms with Crippen molar-refractivity contribution in [1.82, 2.24) is 9.78 Å². The Hall–Kier alpha value is -1.09. The van der Waals surface area contributed by atoms with Crippen LogP contribution < -0.4 is 0 Å². The molecule has 0 aliphatic rings. The molecule has 0 aliphatic carbocycles. The summed E-state index contributed by atoms with van der Waals surface area (Å²) in [5.74, 6) is 0.